The topological polar surface area (TPSA) is 45.4 Å². The molecule has 1 unspecified atom stereocenters. The van der Waals surface area contributed by atoms with E-state index in [0.717, 1.165) is 11.0 Å². The summed E-state index contributed by atoms with van der Waals surface area (Å²) in [5, 5.41) is 14.7. The molecule has 2 rings (SSSR count). The summed E-state index contributed by atoms with van der Waals surface area (Å²) >= 11 is 0. The highest BCUT2D eigenvalue weighted by molar-refractivity contribution is 5.78. The molecule has 3 heteroatoms. The Morgan fingerprint density at radius 2 is 2.06 bits per heavy atom. The summed E-state index contributed by atoms with van der Waals surface area (Å²) in [6, 6.07) is 8.28. The summed E-state index contributed by atoms with van der Waals surface area (Å²) < 4.78 is 5.73. The Bertz CT molecular complexity index is 540. The number of aryl methyl sites for hydroxylation is 1. The summed E-state index contributed by atoms with van der Waals surface area (Å²) in [6.07, 6.45) is 0. The maximum Gasteiger partial charge on any atom is 0.137 e. The van der Waals surface area contributed by atoms with Gasteiger partial charge in [0.2, 0.25) is 0 Å². The molecule has 0 aliphatic carbocycles. The molecular weight excluding hydrogens is 226 g/mol. The van der Waals surface area contributed by atoms with Crippen LogP contribution in [-0.2, 0) is 5.60 Å². The van der Waals surface area contributed by atoms with Crippen LogP contribution in [0, 0.1) is 6.92 Å². The fourth-order valence-electron chi connectivity index (χ4n) is 1.92. The van der Waals surface area contributed by atoms with Gasteiger partial charge in [-0.1, -0.05) is 25.5 Å². The second-order valence-corrected chi connectivity index (χ2v) is 5.46. The van der Waals surface area contributed by atoms with E-state index < -0.39 is 5.60 Å². The van der Waals surface area contributed by atoms with Gasteiger partial charge in [0.25, 0.3) is 0 Å². The highest BCUT2D eigenvalue weighted by atomic mass is 16.4. The lowest BCUT2D eigenvalue weighted by Crippen LogP contribution is -2.38. The van der Waals surface area contributed by atoms with Gasteiger partial charge in [0.15, 0.2) is 0 Å². The van der Waals surface area contributed by atoms with E-state index in [0.29, 0.717) is 18.3 Å². The summed E-state index contributed by atoms with van der Waals surface area (Å²) in [5.74, 6) is 0.608. The van der Waals surface area contributed by atoms with Gasteiger partial charge in [-0.3, -0.25) is 0 Å². The van der Waals surface area contributed by atoms with E-state index in [1.54, 1.807) is 6.92 Å². The quantitative estimate of drug-likeness (QED) is 0.873. The molecule has 0 saturated carbocycles. The van der Waals surface area contributed by atoms with Crippen molar-refractivity contribution in [2.75, 3.05) is 6.54 Å². The van der Waals surface area contributed by atoms with E-state index in [1.165, 1.54) is 5.56 Å². The summed E-state index contributed by atoms with van der Waals surface area (Å²) in [6.45, 7) is 8.40. The van der Waals surface area contributed by atoms with Crippen LogP contribution in [0.4, 0.5) is 0 Å². The standard InChI is InChI=1S/C15H21NO2/c1-10(2)16-9-15(4,17)14-8-12-7-11(3)5-6-13(12)18-14/h5-8,10,16-17H,9H2,1-4H3. The maximum absolute atomic E-state index is 10.4. The van der Waals surface area contributed by atoms with Gasteiger partial charge in [0, 0.05) is 18.0 Å². The lowest BCUT2D eigenvalue weighted by Gasteiger charge is -2.22. The first-order valence-corrected chi connectivity index (χ1v) is 6.35. The zero-order valence-corrected chi connectivity index (χ0v) is 11.4. The lowest BCUT2D eigenvalue weighted by molar-refractivity contribution is 0.0341. The van der Waals surface area contributed by atoms with Crippen molar-refractivity contribution in [1.29, 1.82) is 0 Å². The largest absolute Gasteiger partial charge is 0.458 e. The fraction of sp³-hybridized carbons (Fsp3) is 0.467. The van der Waals surface area contributed by atoms with Crippen molar-refractivity contribution in [3.8, 4) is 0 Å². The van der Waals surface area contributed by atoms with Crippen molar-refractivity contribution in [1.82, 2.24) is 5.32 Å². The van der Waals surface area contributed by atoms with Crippen molar-refractivity contribution in [3.05, 3.63) is 35.6 Å². The minimum atomic E-state index is -0.989. The van der Waals surface area contributed by atoms with Crippen LogP contribution < -0.4 is 5.32 Å². The third-order valence-corrected chi connectivity index (χ3v) is 3.06. The second kappa shape index (κ2) is 4.75. The number of rotatable bonds is 4. The van der Waals surface area contributed by atoms with E-state index in [4.69, 9.17) is 4.42 Å². The van der Waals surface area contributed by atoms with E-state index in [2.05, 4.69) is 25.2 Å². The molecule has 0 radical (unpaired) electrons. The van der Waals surface area contributed by atoms with Gasteiger partial charge < -0.3 is 14.8 Å². The number of fused-ring (bicyclic) bond motifs is 1. The summed E-state index contributed by atoms with van der Waals surface area (Å²) in [4.78, 5) is 0. The van der Waals surface area contributed by atoms with Gasteiger partial charge >= 0.3 is 0 Å². The van der Waals surface area contributed by atoms with Crippen molar-refractivity contribution in [2.45, 2.75) is 39.3 Å². The Labute approximate surface area is 108 Å². The molecular formula is C15H21NO2. The van der Waals surface area contributed by atoms with Crippen molar-refractivity contribution >= 4 is 11.0 Å². The van der Waals surface area contributed by atoms with Crippen LogP contribution in [0.15, 0.2) is 28.7 Å². The van der Waals surface area contributed by atoms with Gasteiger partial charge in [-0.2, -0.15) is 0 Å². The molecule has 0 aliphatic rings. The normalized spacial score (nSPS) is 15.2. The van der Waals surface area contributed by atoms with Crippen LogP contribution in [0.5, 0.6) is 0 Å². The number of furan rings is 1. The number of hydrogen-bond donors (Lipinski definition) is 2. The molecule has 18 heavy (non-hydrogen) atoms. The molecule has 98 valence electrons. The maximum atomic E-state index is 10.4. The van der Waals surface area contributed by atoms with Gasteiger partial charge in [-0.05, 0) is 32.0 Å². The Morgan fingerprint density at radius 1 is 1.33 bits per heavy atom. The van der Waals surface area contributed by atoms with Gasteiger partial charge in [0.05, 0.1) is 0 Å². The van der Waals surface area contributed by atoms with Crippen LogP contribution in [0.25, 0.3) is 11.0 Å². The molecule has 2 N–H and O–H groups in total. The average Bonchev–Trinajstić information content (AvgIpc) is 2.70. The summed E-state index contributed by atoms with van der Waals surface area (Å²) in [7, 11) is 0. The van der Waals surface area contributed by atoms with Crippen LogP contribution in [0.3, 0.4) is 0 Å². The first-order chi connectivity index (χ1) is 8.38. The molecule has 1 heterocycles. The Morgan fingerprint density at radius 3 is 2.72 bits per heavy atom. The molecule has 0 fully saturated rings. The molecule has 1 aromatic heterocycles. The summed E-state index contributed by atoms with van der Waals surface area (Å²) in [5.41, 5.74) is 1.02. The van der Waals surface area contributed by atoms with E-state index in [1.807, 2.05) is 25.1 Å². The minimum absolute atomic E-state index is 0.336. The van der Waals surface area contributed by atoms with Gasteiger partial charge in [0.1, 0.15) is 16.9 Å². The van der Waals surface area contributed by atoms with Crippen LogP contribution in [-0.4, -0.2) is 17.7 Å². The number of aliphatic hydroxyl groups is 1. The highest BCUT2D eigenvalue weighted by Gasteiger charge is 2.27. The number of nitrogens with one attached hydrogen (secondary N) is 1. The van der Waals surface area contributed by atoms with Crippen LogP contribution in [0.2, 0.25) is 0 Å². The Kier molecular flexibility index (Phi) is 3.46. The third-order valence-electron chi connectivity index (χ3n) is 3.06. The Balaban J connectivity index is 2.29. The smallest absolute Gasteiger partial charge is 0.137 e. The highest BCUT2D eigenvalue weighted by Crippen LogP contribution is 2.28. The zero-order valence-electron chi connectivity index (χ0n) is 11.4. The molecule has 0 spiro atoms. The zero-order chi connectivity index (χ0) is 13.3. The van der Waals surface area contributed by atoms with E-state index in [9.17, 15) is 5.11 Å². The monoisotopic (exact) mass is 247 g/mol. The fourth-order valence-corrected chi connectivity index (χ4v) is 1.92. The molecule has 2 aromatic rings. The SMILES string of the molecule is Cc1ccc2oc(C(C)(O)CNC(C)C)cc2c1. The van der Waals surface area contributed by atoms with Crippen LogP contribution >= 0.6 is 0 Å². The molecule has 1 aromatic carbocycles. The molecule has 0 bridgehead atoms. The predicted molar refractivity (Wildman–Crippen MR) is 73.7 cm³/mol. The first kappa shape index (κ1) is 13.1. The first-order valence-electron chi connectivity index (χ1n) is 6.35. The van der Waals surface area contributed by atoms with Gasteiger partial charge in [-0.25, -0.2) is 0 Å². The molecule has 1 atom stereocenters. The molecule has 3 nitrogen and oxygen atoms in total. The predicted octanol–water partition coefficient (Wildman–Crippen LogP) is 2.95. The molecule has 0 saturated heterocycles. The average molecular weight is 247 g/mol. The minimum Gasteiger partial charge on any atom is -0.458 e. The third kappa shape index (κ3) is 2.74. The van der Waals surface area contributed by atoms with Crippen molar-refractivity contribution in [2.24, 2.45) is 0 Å². The van der Waals surface area contributed by atoms with Crippen molar-refractivity contribution in [3.63, 3.8) is 0 Å². The van der Waals surface area contributed by atoms with Gasteiger partial charge in [-0.15, -0.1) is 0 Å². The van der Waals surface area contributed by atoms with Crippen LogP contribution in [0.1, 0.15) is 32.1 Å². The van der Waals surface area contributed by atoms with E-state index >= 15 is 0 Å². The number of hydrogen-bond acceptors (Lipinski definition) is 3. The Hall–Kier alpha value is -1.32. The lowest BCUT2D eigenvalue weighted by atomic mass is 10.0. The van der Waals surface area contributed by atoms with E-state index in [-0.39, 0.29) is 0 Å². The number of benzene rings is 1. The molecule has 0 aliphatic heterocycles. The second-order valence-electron chi connectivity index (χ2n) is 5.46. The van der Waals surface area contributed by atoms with Crippen molar-refractivity contribution < 1.29 is 9.52 Å². The molecule has 0 amide bonds.